The third-order valence-electron chi connectivity index (χ3n) is 4.66. The molecule has 0 radical (unpaired) electrons. The van der Waals surface area contributed by atoms with E-state index in [4.69, 9.17) is 11.6 Å². The van der Waals surface area contributed by atoms with E-state index in [-0.39, 0.29) is 11.9 Å². The third kappa shape index (κ3) is 4.82. The first-order chi connectivity index (χ1) is 12.0. The lowest BCUT2D eigenvalue weighted by molar-refractivity contribution is -0.132. The molecular formula is C19H24ClN3OS. The Morgan fingerprint density at radius 2 is 2.00 bits per heavy atom. The number of nitrogens with zero attached hydrogens (tertiary/aromatic N) is 3. The van der Waals surface area contributed by atoms with Gasteiger partial charge in [-0.2, -0.15) is 0 Å². The van der Waals surface area contributed by atoms with Gasteiger partial charge in [0.1, 0.15) is 0 Å². The van der Waals surface area contributed by atoms with Gasteiger partial charge in [0.2, 0.25) is 5.91 Å². The molecule has 1 aromatic carbocycles. The zero-order valence-corrected chi connectivity index (χ0v) is 16.3. The molecular weight excluding hydrogens is 354 g/mol. The van der Waals surface area contributed by atoms with Gasteiger partial charge in [0.05, 0.1) is 17.4 Å². The number of hydrogen-bond acceptors (Lipinski definition) is 4. The third-order valence-corrected chi connectivity index (χ3v) is 5.88. The smallest absolute Gasteiger partial charge is 0.236 e. The highest BCUT2D eigenvalue weighted by Gasteiger charge is 2.28. The van der Waals surface area contributed by atoms with E-state index in [1.807, 2.05) is 25.2 Å². The molecule has 3 rings (SSSR count). The van der Waals surface area contributed by atoms with Gasteiger partial charge in [-0.1, -0.05) is 41.9 Å². The van der Waals surface area contributed by atoms with E-state index >= 15 is 0 Å². The summed E-state index contributed by atoms with van der Waals surface area (Å²) in [6.45, 7) is 3.89. The second kappa shape index (κ2) is 8.32. The van der Waals surface area contributed by atoms with E-state index in [0.29, 0.717) is 13.1 Å². The van der Waals surface area contributed by atoms with Crippen molar-refractivity contribution >= 4 is 28.8 Å². The molecule has 0 aliphatic carbocycles. The van der Waals surface area contributed by atoms with E-state index in [0.717, 1.165) is 28.8 Å². The molecule has 1 unspecified atom stereocenters. The van der Waals surface area contributed by atoms with Crippen LogP contribution in [-0.2, 0) is 11.3 Å². The van der Waals surface area contributed by atoms with E-state index in [9.17, 15) is 4.79 Å². The average molecular weight is 378 g/mol. The molecule has 0 spiro atoms. The minimum atomic E-state index is 0.148. The molecule has 4 nitrogen and oxygen atoms in total. The molecule has 2 heterocycles. The molecule has 1 atom stereocenters. The first-order valence-electron chi connectivity index (χ1n) is 8.48. The molecule has 1 aliphatic heterocycles. The van der Waals surface area contributed by atoms with Crippen LogP contribution in [0.2, 0.25) is 4.34 Å². The van der Waals surface area contributed by atoms with E-state index < -0.39 is 0 Å². The fourth-order valence-corrected chi connectivity index (χ4v) is 4.33. The molecule has 1 amide bonds. The average Bonchev–Trinajstić information content (AvgIpc) is 3.02. The Morgan fingerprint density at radius 1 is 1.24 bits per heavy atom. The monoisotopic (exact) mass is 377 g/mol. The maximum atomic E-state index is 12.7. The predicted molar refractivity (Wildman–Crippen MR) is 104 cm³/mol. The van der Waals surface area contributed by atoms with E-state index in [1.54, 1.807) is 4.90 Å². The fraction of sp³-hybridized carbons (Fsp3) is 0.421. The van der Waals surface area contributed by atoms with Crippen molar-refractivity contribution in [1.29, 1.82) is 0 Å². The number of likely N-dealkylation sites (N-methyl/N-ethyl adjacent to an activating group) is 2. The van der Waals surface area contributed by atoms with Crippen molar-refractivity contribution in [2.45, 2.75) is 12.6 Å². The Labute approximate surface area is 158 Å². The minimum Gasteiger partial charge on any atom is -0.340 e. The van der Waals surface area contributed by atoms with Crippen LogP contribution >= 0.6 is 22.9 Å². The first-order valence-corrected chi connectivity index (χ1v) is 9.68. The Kier molecular flexibility index (Phi) is 6.12. The standard InChI is InChI=1S/C19H24ClN3OS/c1-21-10-11-23(17(13-21)15-6-4-3-5-7-15)14-19(24)22(2)12-16-8-9-18(20)25-16/h3-9,17H,10-14H2,1-2H3. The normalized spacial score (nSPS) is 19.1. The van der Waals surface area contributed by atoms with Crippen LogP contribution in [0.4, 0.5) is 0 Å². The number of benzene rings is 1. The number of carbonyl (C=O) groups excluding carboxylic acids is 1. The number of carbonyl (C=O) groups is 1. The van der Waals surface area contributed by atoms with Gasteiger partial charge < -0.3 is 9.80 Å². The van der Waals surface area contributed by atoms with Crippen molar-refractivity contribution < 1.29 is 4.79 Å². The van der Waals surface area contributed by atoms with Crippen LogP contribution in [0.15, 0.2) is 42.5 Å². The number of piperazine rings is 1. The highest BCUT2D eigenvalue weighted by Crippen LogP contribution is 2.25. The van der Waals surface area contributed by atoms with Gasteiger partial charge >= 0.3 is 0 Å². The molecule has 0 N–H and O–H groups in total. The summed E-state index contributed by atoms with van der Waals surface area (Å²) in [5.74, 6) is 0.148. The summed E-state index contributed by atoms with van der Waals surface area (Å²) >= 11 is 7.51. The molecule has 1 aromatic heterocycles. The summed E-state index contributed by atoms with van der Waals surface area (Å²) in [5.41, 5.74) is 1.27. The second-order valence-corrected chi connectivity index (χ2v) is 8.41. The summed E-state index contributed by atoms with van der Waals surface area (Å²) in [6.07, 6.45) is 0. The van der Waals surface area contributed by atoms with Crippen LogP contribution in [0.1, 0.15) is 16.5 Å². The van der Waals surface area contributed by atoms with Crippen molar-refractivity contribution in [2.75, 3.05) is 40.3 Å². The summed E-state index contributed by atoms with van der Waals surface area (Å²) in [7, 11) is 4.01. The zero-order chi connectivity index (χ0) is 17.8. The Bertz CT molecular complexity index is 706. The van der Waals surface area contributed by atoms with Gasteiger partial charge in [0.25, 0.3) is 0 Å². The van der Waals surface area contributed by atoms with Crippen LogP contribution in [0.25, 0.3) is 0 Å². The quantitative estimate of drug-likeness (QED) is 0.799. The summed E-state index contributed by atoms with van der Waals surface area (Å²) in [6, 6.07) is 14.6. The lowest BCUT2D eigenvalue weighted by atomic mass is 10.0. The van der Waals surface area contributed by atoms with Crippen molar-refractivity contribution in [3.05, 3.63) is 57.2 Å². The number of hydrogen-bond donors (Lipinski definition) is 0. The van der Waals surface area contributed by atoms with Crippen LogP contribution in [-0.4, -0.2) is 60.9 Å². The van der Waals surface area contributed by atoms with Gasteiger partial charge in [-0.25, -0.2) is 0 Å². The van der Waals surface area contributed by atoms with Crippen molar-refractivity contribution in [3.8, 4) is 0 Å². The maximum absolute atomic E-state index is 12.7. The van der Waals surface area contributed by atoms with Crippen LogP contribution in [0.5, 0.6) is 0 Å². The summed E-state index contributed by atoms with van der Waals surface area (Å²) < 4.78 is 0.763. The molecule has 25 heavy (non-hydrogen) atoms. The Balaban J connectivity index is 1.65. The molecule has 1 aliphatic rings. The van der Waals surface area contributed by atoms with Crippen molar-refractivity contribution in [1.82, 2.24) is 14.7 Å². The lowest BCUT2D eigenvalue weighted by Crippen LogP contribution is -2.50. The molecule has 0 saturated carbocycles. The summed E-state index contributed by atoms with van der Waals surface area (Å²) in [4.78, 5) is 20.3. The fourth-order valence-electron chi connectivity index (χ4n) is 3.19. The maximum Gasteiger partial charge on any atom is 0.236 e. The minimum absolute atomic E-state index is 0.148. The largest absolute Gasteiger partial charge is 0.340 e. The molecule has 1 fully saturated rings. The topological polar surface area (TPSA) is 26.8 Å². The number of amides is 1. The Hall–Kier alpha value is -1.40. The Morgan fingerprint density at radius 3 is 2.68 bits per heavy atom. The number of rotatable bonds is 5. The zero-order valence-electron chi connectivity index (χ0n) is 14.7. The molecule has 1 saturated heterocycles. The van der Waals surface area contributed by atoms with Crippen molar-refractivity contribution in [2.24, 2.45) is 0 Å². The highest BCUT2D eigenvalue weighted by molar-refractivity contribution is 7.16. The van der Waals surface area contributed by atoms with E-state index in [1.165, 1.54) is 16.9 Å². The predicted octanol–water partition coefficient (Wildman–Crippen LogP) is 3.35. The molecule has 6 heteroatoms. The van der Waals surface area contributed by atoms with E-state index in [2.05, 4.69) is 41.1 Å². The van der Waals surface area contributed by atoms with Gasteiger partial charge in [-0.3, -0.25) is 9.69 Å². The number of halogens is 1. The van der Waals surface area contributed by atoms with Crippen LogP contribution in [0, 0.1) is 0 Å². The summed E-state index contributed by atoms with van der Waals surface area (Å²) in [5, 5.41) is 0. The number of thiophene rings is 1. The van der Waals surface area contributed by atoms with Crippen LogP contribution < -0.4 is 0 Å². The second-order valence-electron chi connectivity index (χ2n) is 6.61. The lowest BCUT2D eigenvalue weighted by Gasteiger charge is -2.40. The van der Waals surface area contributed by atoms with Gasteiger partial charge in [0, 0.05) is 37.6 Å². The van der Waals surface area contributed by atoms with Gasteiger partial charge in [-0.05, 0) is 24.7 Å². The van der Waals surface area contributed by atoms with Gasteiger partial charge in [0.15, 0.2) is 0 Å². The van der Waals surface area contributed by atoms with Crippen molar-refractivity contribution in [3.63, 3.8) is 0 Å². The first kappa shape index (κ1) is 18.4. The molecule has 134 valence electrons. The molecule has 2 aromatic rings. The van der Waals surface area contributed by atoms with Gasteiger partial charge in [-0.15, -0.1) is 11.3 Å². The SMILES string of the molecule is CN1CCN(CC(=O)N(C)Cc2ccc(Cl)s2)C(c2ccccc2)C1. The van der Waals surface area contributed by atoms with Crippen LogP contribution in [0.3, 0.4) is 0 Å². The highest BCUT2D eigenvalue weighted by atomic mass is 35.5. The molecule has 0 bridgehead atoms.